The van der Waals surface area contributed by atoms with Gasteiger partial charge in [-0.2, -0.15) is 0 Å². The first-order valence-corrected chi connectivity index (χ1v) is 13.8. The monoisotopic (exact) mass is 549 g/mol. The fraction of sp³-hybridized carbons (Fsp3) is 0.156. The first-order chi connectivity index (χ1) is 19.5. The van der Waals surface area contributed by atoms with Gasteiger partial charge < -0.3 is 14.0 Å². The smallest absolute Gasteiger partial charge is 0.338 e. The average molecular weight is 550 g/mol. The number of fused-ring (bicyclic) bond motifs is 2. The Balaban J connectivity index is 1.65. The van der Waals surface area contributed by atoms with E-state index in [2.05, 4.69) is 6.07 Å². The summed E-state index contributed by atoms with van der Waals surface area (Å²) in [6.45, 7) is 1.97. The maximum absolute atomic E-state index is 14.1. The molecule has 40 heavy (non-hydrogen) atoms. The standard InChI is InChI=1S/C32H27N3O4S/c1-4-39-31(37)27-28(20-10-6-5-7-11-20)33-32-35(29(27)21-14-16-23(38-3)17-15-21)30(36)26(40-32)18-22-19-34(2)25-13-9-8-12-24(22)25/h5-19,29H,4H2,1-3H3/b26-18+/t29-/m1/s1. The van der Waals surface area contributed by atoms with Crippen molar-refractivity contribution >= 4 is 40.0 Å². The number of methoxy groups -OCH3 is 1. The fourth-order valence-electron chi connectivity index (χ4n) is 5.17. The maximum Gasteiger partial charge on any atom is 0.338 e. The molecule has 0 spiro atoms. The Kier molecular flexibility index (Phi) is 6.69. The first-order valence-electron chi connectivity index (χ1n) is 13.0. The van der Waals surface area contributed by atoms with Crippen molar-refractivity contribution in [2.24, 2.45) is 12.0 Å². The number of thiazole rings is 1. The van der Waals surface area contributed by atoms with Crippen LogP contribution in [-0.4, -0.2) is 28.8 Å². The van der Waals surface area contributed by atoms with Crippen LogP contribution in [0.15, 0.2) is 100 Å². The lowest BCUT2D eigenvalue weighted by Gasteiger charge is -2.26. The minimum atomic E-state index is -0.730. The zero-order valence-corrected chi connectivity index (χ0v) is 23.1. The third-order valence-electron chi connectivity index (χ3n) is 7.02. The number of hydrogen-bond donors (Lipinski definition) is 0. The summed E-state index contributed by atoms with van der Waals surface area (Å²) in [5.74, 6) is 0.173. The number of nitrogens with zero attached hydrogens (tertiary/aromatic N) is 3. The van der Waals surface area contributed by atoms with Crippen molar-refractivity contribution in [2.75, 3.05) is 13.7 Å². The van der Waals surface area contributed by atoms with Gasteiger partial charge in [0.15, 0.2) is 4.80 Å². The van der Waals surface area contributed by atoms with Crippen LogP contribution in [0, 0.1) is 0 Å². The van der Waals surface area contributed by atoms with E-state index >= 15 is 0 Å². The molecule has 0 aliphatic carbocycles. The zero-order chi connectivity index (χ0) is 27.8. The number of hydrogen-bond acceptors (Lipinski definition) is 6. The van der Waals surface area contributed by atoms with Crippen molar-refractivity contribution in [3.05, 3.63) is 127 Å². The van der Waals surface area contributed by atoms with E-state index in [0.717, 1.165) is 27.6 Å². The molecule has 0 saturated heterocycles. The molecule has 0 amide bonds. The van der Waals surface area contributed by atoms with E-state index in [-0.39, 0.29) is 12.2 Å². The number of aromatic nitrogens is 2. The summed E-state index contributed by atoms with van der Waals surface area (Å²) >= 11 is 1.31. The van der Waals surface area contributed by atoms with Crippen LogP contribution in [-0.2, 0) is 16.6 Å². The van der Waals surface area contributed by atoms with E-state index in [1.165, 1.54) is 11.3 Å². The minimum absolute atomic E-state index is 0.200. The third kappa shape index (κ3) is 4.36. The molecule has 7 nitrogen and oxygen atoms in total. The van der Waals surface area contributed by atoms with Gasteiger partial charge in [-0.25, -0.2) is 9.79 Å². The fourth-order valence-corrected chi connectivity index (χ4v) is 6.16. The molecular weight excluding hydrogens is 522 g/mol. The zero-order valence-electron chi connectivity index (χ0n) is 22.3. The van der Waals surface area contributed by atoms with Gasteiger partial charge in [-0.1, -0.05) is 72.0 Å². The summed E-state index contributed by atoms with van der Waals surface area (Å²) in [6, 6.07) is 24.3. The topological polar surface area (TPSA) is 74.8 Å². The van der Waals surface area contributed by atoms with Gasteiger partial charge in [0.25, 0.3) is 5.56 Å². The van der Waals surface area contributed by atoms with E-state index in [9.17, 15) is 9.59 Å². The Morgan fingerprint density at radius 2 is 1.75 bits per heavy atom. The molecule has 200 valence electrons. The minimum Gasteiger partial charge on any atom is -0.497 e. The molecule has 0 saturated carbocycles. The molecule has 0 radical (unpaired) electrons. The van der Waals surface area contributed by atoms with Crippen LogP contribution in [0.25, 0.3) is 22.7 Å². The largest absolute Gasteiger partial charge is 0.497 e. The molecule has 0 N–H and O–H groups in total. The molecule has 6 rings (SSSR count). The molecule has 1 atom stereocenters. The summed E-state index contributed by atoms with van der Waals surface area (Å²) in [6.07, 6.45) is 3.93. The highest BCUT2D eigenvalue weighted by Crippen LogP contribution is 2.35. The number of rotatable bonds is 6. The Morgan fingerprint density at radius 1 is 1.02 bits per heavy atom. The van der Waals surface area contributed by atoms with Crippen molar-refractivity contribution < 1.29 is 14.3 Å². The predicted molar refractivity (Wildman–Crippen MR) is 157 cm³/mol. The van der Waals surface area contributed by atoms with Crippen LogP contribution >= 0.6 is 11.3 Å². The van der Waals surface area contributed by atoms with Gasteiger partial charge in [0.05, 0.1) is 35.6 Å². The van der Waals surface area contributed by atoms with Crippen LogP contribution in [0.5, 0.6) is 5.75 Å². The molecule has 1 aliphatic heterocycles. The molecule has 1 aliphatic rings. The van der Waals surface area contributed by atoms with E-state index in [0.29, 0.717) is 26.4 Å². The molecule has 5 aromatic rings. The number of aryl methyl sites for hydroxylation is 1. The first kappa shape index (κ1) is 25.6. The van der Waals surface area contributed by atoms with Crippen molar-refractivity contribution in [3.8, 4) is 5.75 Å². The van der Waals surface area contributed by atoms with E-state index < -0.39 is 12.0 Å². The second-order valence-corrected chi connectivity index (χ2v) is 10.4. The number of benzene rings is 3. The van der Waals surface area contributed by atoms with Gasteiger partial charge in [-0.15, -0.1) is 0 Å². The van der Waals surface area contributed by atoms with E-state index in [1.54, 1.807) is 18.6 Å². The Labute approximate surface area is 234 Å². The lowest BCUT2D eigenvalue weighted by atomic mass is 9.93. The second kappa shape index (κ2) is 10.5. The molecule has 0 fully saturated rings. The van der Waals surface area contributed by atoms with Gasteiger partial charge in [-0.3, -0.25) is 9.36 Å². The SMILES string of the molecule is CCOC(=O)C1=C(c2ccccc2)N=c2s/c(=C/c3cn(C)c4ccccc34)c(=O)n2[C@@H]1c1ccc(OC)cc1. The summed E-state index contributed by atoms with van der Waals surface area (Å²) in [5.41, 5.74) is 4.15. The highest BCUT2D eigenvalue weighted by molar-refractivity contribution is 7.07. The molecule has 3 aromatic carbocycles. The summed E-state index contributed by atoms with van der Waals surface area (Å²) in [7, 11) is 3.59. The Bertz CT molecular complexity index is 1950. The van der Waals surface area contributed by atoms with Crippen molar-refractivity contribution in [1.29, 1.82) is 0 Å². The molecule has 0 bridgehead atoms. The molecule has 0 unspecified atom stereocenters. The number of esters is 1. The Morgan fingerprint density at radius 3 is 2.48 bits per heavy atom. The molecular formula is C32H27N3O4S. The van der Waals surface area contributed by atoms with Gasteiger partial charge in [-0.05, 0) is 36.8 Å². The van der Waals surface area contributed by atoms with E-state index in [4.69, 9.17) is 14.5 Å². The Hall–Kier alpha value is -4.69. The molecule has 8 heteroatoms. The number of ether oxygens (including phenoxy) is 2. The van der Waals surface area contributed by atoms with Crippen LogP contribution in [0.1, 0.15) is 29.7 Å². The number of carbonyl (C=O) groups excluding carboxylic acids is 1. The van der Waals surface area contributed by atoms with Crippen molar-refractivity contribution in [3.63, 3.8) is 0 Å². The summed E-state index contributed by atoms with van der Waals surface area (Å²) < 4.78 is 15.1. The lowest BCUT2D eigenvalue weighted by Crippen LogP contribution is -2.40. The third-order valence-corrected chi connectivity index (χ3v) is 8.00. The predicted octanol–water partition coefficient (Wildman–Crippen LogP) is 4.44. The van der Waals surface area contributed by atoms with Crippen molar-refractivity contribution in [1.82, 2.24) is 9.13 Å². The highest BCUT2D eigenvalue weighted by atomic mass is 32.1. The lowest BCUT2D eigenvalue weighted by molar-refractivity contribution is -0.138. The summed E-state index contributed by atoms with van der Waals surface area (Å²) in [4.78, 5) is 33.1. The molecule has 3 heterocycles. The van der Waals surface area contributed by atoms with Gasteiger partial charge >= 0.3 is 5.97 Å². The normalized spacial score (nSPS) is 15.2. The second-order valence-electron chi connectivity index (χ2n) is 9.42. The van der Waals surface area contributed by atoms with Crippen LogP contribution < -0.4 is 19.6 Å². The quantitative estimate of drug-likeness (QED) is 0.294. The molecule has 2 aromatic heterocycles. The van der Waals surface area contributed by atoms with Crippen molar-refractivity contribution in [2.45, 2.75) is 13.0 Å². The average Bonchev–Trinajstić information content (AvgIpc) is 3.48. The van der Waals surface area contributed by atoms with Crippen LogP contribution in [0.3, 0.4) is 0 Å². The highest BCUT2D eigenvalue weighted by Gasteiger charge is 2.35. The number of carbonyl (C=O) groups is 1. The maximum atomic E-state index is 14.1. The van der Waals surface area contributed by atoms with Crippen LogP contribution in [0.4, 0.5) is 0 Å². The van der Waals surface area contributed by atoms with Gasteiger partial charge in [0.1, 0.15) is 5.75 Å². The number of para-hydroxylation sites is 1. The van der Waals surface area contributed by atoms with Crippen LogP contribution in [0.2, 0.25) is 0 Å². The van der Waals surface area contributed by atoms with Gasteiger partial charge in [0, 0.05) is 35.3 Å². The summed E-state index contributed by atoms with van der Waals surface area (Å²) in [5, 5.41) is 1.06. The van der Waals surface area contributed by atoms with Gasteiger partial charge in [0.2, 0.25) is 0 Å². The van der Waals surface area contributed by atoms with E-state index in [1.807, 2.05) is 96.7 Å².